The third-order valence-corrected chi connectivity index (χ3v) is 11.8. The number of piperazine rings is 1. The van der Waals surface area contributed by atoms with Gasteiger partial charge in [-0.25, -0.2) is 9.37 Å². The van der Waals surface area contributed by atoms with Crippen LogP contribution in [0.5, 0.6) is 0 Å². The molecule has 2 aromatic carbocycles. The molecule has 4 aliphatic heterocycles. The Morgan fingerprint density at radius 1 is 1.06 bits per heavy atom. The molecule has 4 aliphatic rings. The van der Waals surface area contributed by atoms with E-state index in [1.165, 1.54) is 30.2 Å². The van der Waals surface area contributed by atoms with Crippen molar-refractivity contribution < 1.29 is 14.2 Å². The first-order valence-electron chi connectivity index (χ1n) is 18.6. The van der Waals surface area contributed by atoms with E-state index in [2.05, 4.69) is 41.5 Å². The van der Waals surface area contributed by atoms with Crippen LogP contribution in [-0.2, 0) is 18.0 Å². The number of fused-ring (bicyclic) bond motifs is 6. The molecule has 4 aromatic rings. The maximum absolute atomic E-state index is 16.0. The number of rotatable bonds is 6. The predicted molar refractivity (Wildman–Crippen MR) is 208 cm³/mol. The summed E-state index contributed by atoms with van der Waals surface area (Å²) in [7, 11) is 0. The summed E-state index contributed by atoms with van der Waals surface area (Å²) in [6.07, 6.45) is 5.39. The minimum atomic E-state index is -0.470. The summed E-state index contributed by atoms with van der Waals surface area (Å²) in [4.78, 5) is 17.5. The Balaban J connectivity index is 0.000000700. The number of halogens is 2. The zero-order valence-electron chi connectivity index (χ0n) is 30.7. The molecular weight excluding hydrogens is 685 g/mol. The second-order valence-corrected chi connectivity index (χ2v) is 15.6. The van der Waals surface area contributed by atoms with Crippen LogP contribution in [0, 0.1) is 23.1 Å². The van der Waals surface area contributed by atoms with Crippen LogP contribution in [0.15, 0.2) is 12.1 Å². The fourth-order valence-corrected chi connectivity index (χ4v) is 9.38. The van der Waals surface area contributed by atoms with E-state index in [0.717, 1.165) is 72.5 Å². The molecule has 4 atom stereocenters. The number of β-amino-alcohol motifs (C(OH)–C–C–N with tert-alkyl or cyclic N) is 1. The van der Waals surface area contributed by atoms with E-state index in [0.29, 0.717) is 51.5 Å². The predicted octanol–water partition coefficient (Wildman–Crippen LogP) is 8.50. The van der Waals surface area contributed by atoms with Gasteiger partial charge in [0.2, 0.25) is 5.95 Å². The molecule has 0 saturated carbocycles. The lowest BCUT2D eigenvalue weighted by Crippen LogP contribution is -2.55. The number of benzene rings is 2. The van der Waals surface area contributed by atoms with E-state index >= 15 is 4.39 Å². The summed E-state index contributed by atoms with van der Waals surface area (Å²) in [5, 5.41) is 22.2. The van der Waals surface area contributed by atoms with Crippen LogP contribution in [0.1, 0.15) is 90.3 Å². The highest BCUT2D eigenvalue weighted by molar-refractivity contribution is 7.23. The Kier molecular flexibility index (Phi) is 11.6. The first-order valence-corrected chi connectivity index (χ1v) is 19.8. The molecule has 6 heterocycles. The van der Waals surface area contributed by atoms with Gasteiger partial charge in [0, 0.05) is 66.0 Å². The molecule has 0 amide bonds. The van der Waals surface area contributed by atoms with E-state index < -0.39 is 5.82 Å². The van der Waals surface area contributed by atoms with Crippen LogP contribution in [-0.4, -0.2) is 70.9 Å². The van der Waals surface area contributed by atoms with E-state index in [9.17, 15) is 10.4 Å². The highest BCUT2D eigenvalue weighted by atomic mass is 35.5. The molecule has 0 aliphatic carbocycles. The normalized spacial score (nSPS) is 21.7. The van der Waals surface area contributed by atoms with Gasteiger partial charge in [-0.05, 0) is 55.4 Å². The summed E-state index contributed by atoms with van der Waals surface area (Å²) >= 11 is 8.70. The minimum Gasteiger partial charge on any atom is -0.392 e. The van der Waals surface area contributed by atoms with Crippen molar-refractivity contribution in [1.29, 1.82) is 5.26 Å². The quantitative estimate of drug-likeness (QED) is 0.201. The first kappa shape index (κ1) is 37.5. The summed E-state index contributed by atoms with van der Waals surface area (Å²) < 4.78 is 22.8. The van der Waals surface area contributed by atoms with Crippen molar-refractivity contribution in [3.8, 4) is 17.2 Å². The SMILES string of the molecule is CC.CC(O)CN1CC2CCC(C1)N2c1nc(N2CCC(C)C2)nc2c(Cl)c(-c3c(F)ccc4sc(N)c(C#N)c34)c3c(c12)COC3.CCCC. The Morgan fingerprint density at radius 2 is 1.75 bits per heavy atom. The van der Waals surface area contributed by atoms with Crippen LogP contribution in [0.3, 0.4) is 0 Å². The molecule has 9 nitrogen and oxygen atoms in total. The van der Waals surface area contributed by atoms with E-state index in [-0.39, 0.29) is 35.9 Å². The summed E-state index contributed by atoms with van der Waals surface area (Å²) in [5.41, 5.74) is 9.60. The third kappa shape index (κ3) is 6.86. The molecular formula is C39H51ClFN7O2S. The van der Waals surface area contributed by atoms with Crippen LogP contribution >= 0.6 is 22.9 Å². The number of unbranched alkanes of at least 4 members (excludes halogenated alkanes) is 1. The fourth-order valence-electron chi connectivity index (χ4n) is 8.10. The Labute approximate surface area is 310 Å². The van der Waals surface area contributed by atoms with Gasteiger partial charge in [0.1, 0.15) is 22.7 Å². The van der Waals surface area contributed by atoms with Gasteiger partial charge in [0.15, 0.2) is 0 Å². The zero-order chi connectivity index (χ0) is 36.6. The van der Waals surface area contributed by atoms with Crippen LogP contribution in [0.25, 0.3) is 32.1 Å². The number of aliphatic hydroxyl groups excluding tert-OH is 1. The molecule has 2 aromatic heterocycles. The number of aromatic nitrogens is 2. The van der Waals surface area contributed by atoms with E-state index in [1.807, 2.05) is 20.8 Å². The van der Waals surface area contributed by atoms with Crippen molar-refractivity contribution >= 4 is 60.7 Å². The largest absolute Gasteiger partial charge is 0.392 e. The number of thiophene rings is 1. The van der Waals surface area contributed by atoms with Crippen molar-refractivity contribution in [2.45, 2.75) is 105 Å². The molecule has 12 heteroatoms. The maximum atomic E-state index is 16.0. The Morgan fingerprint density at radius 3 is 2.35 bits per heavy atom. The van der Waals surface area contributed by atoms with E-state index in [4.69, 9.17) is 32.0 Å². The number of aliphatic hydroxyl groups is 1. The van der Waals surface area contributed by atoms with Crippen molar-refractivity contribution in [3.63, 3.8) is 0 Å². The van der Waals surface area contributed by atoms with Gasteiger partial charge in [0.25, 0.3) is 0 Å². The van der Waals surface area contributed by atoms with Crippen molar-refractivity contribution in [2.75, 3.05) is 48.3 Å². The molecule has 51 heavy (non-hydrogen) atoms. The maximum Gasteiger partial charge on any atom is 0.227 e. The molecule has 0 spiro atoms. The summed E-state index contributed by atoms with van der Waals surface area (Å²) in [6.45, 7) is 17.1. The Hall–Kier alpha value is -3.27. The van der Waals surface area contributed by atoms with Crippen LogP contribution < -0.4 is 15.5 Å². The highest BCUT2D eigenvalue weighted by Crippen LogP contribution is 2.51. The zero-order valence-corrected chi connectivity index (χ0v) is 32.3. The average Bonchev–Trinajstić information content (AvgIpc) is 3.90. The lowest BCUT2D eigenvalue weighted by atomic mass is 9.90. The summed E-state index contributed by atoms with van der Waals surface area (Å²) in [6, 6.07) is 5.76. The lowest BCUT2D eigenvalue weighted by molar-refractivity contribution is 0.111. The monoisotopic (exact) mass is 735 g/mol. The van der Waals surface area contributed by atoms with Gasteiger partial charge in [-0.3, -0.25) is 4.90 Å². The number of nitrogens with zero attached hydrogens (tertiary/aromatic N) is 6. The highest BCUT2D eigenvalue weighted by Gasteiger charge is 2.43. The second-order valence-electron chi connectivity index (χ2n) is 14.2. The fraction of sp³-hybridized carbons (Fsp3) is 0.564. The average molecular weight is 736 g/mol. The minimum absolute atomic E-state index is 0.237. The van der Waals surface area contributed by atoms with Crippen molar-refractivity contribution in [3.05, 3.63) is 39.7 Å². The van der Waals surface area contributed by atoms with Crippen LogP contribution in [0.2, 0.25) is 5.02 Å². The molecule has 274 valence electrons. The van der Waals surface area contributed by atoms with Gasteiger partial charge < -0.3 is 25.4 Å². The van der Waals surface area contributed by atoms with Gasteiger partial charge >= 0.3 is 0 Å². The van der Waals surface area contributed by atoms with E-state index in [1.54, 1.807) is 6.07 Å². The molecule has 2 bridgehead atoms. The summed E-state index contributed by atoms with van der Waals surface area (Å²) in [5.74, 6) is 1.55. The number of anilines is 3. The number of nitrogen functional groups attached to an aromatic ring is 1. The second kappa shape index (κ2) is 15.8. The first-order chi connectivity index (χ1) is 24.6. The third-order valence-electron chi connectivity index (χ3n) is 10.5. The number of nitriles is 1. The van der Waals surface area contributed by atoms with Gasteiger partial charge in [-0.1, -0.05) is 59.1 Å². The number of likely N-dealkylation sites (tertiary alicyclic amines) is 1. The van der Waals surface area contributed by atoms with Gasteiger partial charge in [0.05, 0.1) is 40.8 Å². The standard InChI is InChI=1S/C33H35ClFN7O2S.C4H10.C2H6/c1-16-7-8-41(10-16)33-38-30-27(32(39-33)42-18-3-4-19(42)13-40(12-18)11-17(2)43)22-15-44-14-21(22)26(29(30)34)28-23(35)5-6-24-25(28)20(9-36)31(37)45-24;1-3-4-2;1-2/h5-6,16-19,43H,3-4,7-8,10-15,37H2,1-2H3;3-4H2,1-2H3;1-2H3. The molecule has 8 rings (SSSR count). The van der Waals surface area contributed by atoms with Crippen LogP contribution in [0.4, 0.5) is 21.2 Å². The topological polar surface area (TPSA) is 115 Å². The lowest BCUT2D eigenvalue weighted by Gasteiger charge is -2.43. The van der Waals surface area contributed by atoms with Crippen molar-refractivity contribution in [1.82, 2.24) is 14.9 Å². The molecule has 3 saturated heterocycles. The number of hydrogen-bond donors (Lipinski definition) is 2. The molecule has 4 unspecified atom stereocenters. The van der Waals surface area contributed by atoms with Crippen molar-refractivity contribution in [2.24, 2.45) is 5.92 Å². The smallest absolute Gasteiger partial charge is 0.227 e. The number of hydrogen-bond acceptors (Lipinski definition) is 10. The van der Waals surface area contributed by atoms with Gasteiger partial charge in [-0.2, -0.15) is 10.2 Å². The molecule has 3 fully saturated rings. The van der Waals surface area contributed by atoms with Gasteiger partial charge in [-0.15, -0.1) is 11.3 Å². The number of ether oxygens (including phenoxy) is 1. The molecule has 3 N–H and O–H groups in total. The Bertz CT molecular complexity index is 1930. The number of nitrogens with two attached hydrogens (primary N) is 1. The molecule has 0 radical (unpaired) electrons.